The number of ether oxygens (including phenoxy) is 1. The van der Waals surface area contributed by atoms with Gasteiger partial charge in [0.2, 0.25) is 11.8 Å². The zero-order chi connectivity index (χ0) is 21.3. The number of benzene rings is 1. The van der Waals surface area contributed by atoms with Crippen LogP contribution in [0.4, 0.5) is 13.2 Å². The van der Waals surface area contributed by atoms with Crippen molar-refractivity contribution in [3.8, 4) is 5.88 Å². The van der Waals surface area contributed by atoms with E-state index in [9.17, 15) is 18.0 Å². The first-order valence-corrected chi connectivity index (χ1v) is 9.48. The minimum Gasteiger partial charge on any atom is -0.467 e. The van der Waals surface area contributed by atoms with Gasteiger partial charge in [0.25, 0.3) is 0 Å². The van der Waals surface area contributed by atoms with Crippen molar-refractivity contribution in [1.29, 1.82) is 0 Å². The summed E-state index contributed by atoms with van der Waals surface area (Å²) in [5, 5.41) is 3.93. The number of alkyl halides is 3. The molecule has 1 aliphatic carbocycles. The van der Waals surface area contributed by atoms with Crippen molar-refractivity contribution in [1.82, 2.24) is 20.3 Å². The van der Waals surface area contributed by atoms with E-state index in [-0.39, 0.29) is 23.6 Å². The zero-order valence-corrected chi connectivity index (χ0v) is 16.1. The first kappa shape index (κ1) is 20.1. The molecule has 3 atom stereocenters. The van der Waals surface area contributed by atoms with Gasteiger partial charge < -0.3 is 10.1 Å². The number of fused-ring (bicyclic) bond motifs is 1. The molecule has 1 amide bonds. The maximum Gasteiger partial charge on any atom is 0.422 e. The van der Waals surface area contributed by atoms with Gasteiger partial charge in [-0.15, -0.1) is 0 Å². The van der Waals surface area contributed by atoms with Crippen LogP contribution in [0, 0.1) is 5.92 Å². The Balaban J connectivity index is 1.33. The van der Waals surface area contributed by atoms with Gasteiger partial charge in [-0.25, -0.2) is 4.98 Å². The van der Waals surface area contributed by atoms with E-state index in [4.69, 9.17) is 0 Å². The van der Waals surface area contributed by atoms with E-state index in [1.165, 1.54) is 6.20 Å². The summed E-state index contributed by atoms with van der Waals surface area (Å²) in [6.45, 7) is 0.309. The fourth-order valence-electron chi connectivity index (χ4n) is 3.27. The lowest BCUT2D eigenvalue weighted by Crippen LogP contribution is -2.29. The van der Waals surface area contributed by atoms with Crippen LogP contribution < -0.4 is 10.1 Å². The third-order valence-corrected chi connectivity index (χ3v) is 4.96. The molecule has 30 heavy (non-hydrogen) atoms. The second-order valence-electron chi connectivity index (χ2n) is 7.29. The fourth-order valence-corrected chi connectivity index (χ4v) is 3.27. The second-order valence-corrected chi connectivity index (χ2v) is 7.29. The number of nitrogens with zero attached hydrogens (tertiary/aromatic N) is 3. The van der Waals surface area contributed by atoms with Gasteiger partial charge in [-0.05, 0) is 25.5 Å². The fraction of sp³-hybridized carbons (Fsp3) is 0.333. The van der Waals surface area contributed by atoms with E-state index in [1.807, 2.05) is 36.4 Å². The van der Waals surface area contributed by atoms with Gasteiger partial charge in [-0.3, -0.25) is 14.8 Å². The Hall–Kier alpha value is -3.23. The standard InChI is InChI=1S/C21H19F3N4O2/c1-12(18-9-26-19(10-25-18)30-11-21(22,23)24)27-20(29)15-8-14(15)17-7-6-13-4-2-3-5-16(13)28-17/h2-7,9-10,12,14-15H,8,11H2,1H3,(H,27,29)/t12?,14-,15-/m1/s1. The maximum atomic E-state index is 12.6. The first-order valence-electron chi connectivity index (χ1n) is 9.48. The Labute approximate surface area is 170 Å². The molecule has 0 saturated heterocycles. The third kappa shape index (κ3) is 4.67. The molecule has 1 aromatic carbocycles. The van der Waals surface area contributed by atoms with E-state index in [2.05, 4.69) is 25.0 Å². The van der Waals surface area contributed by atoms with Crippen molar-refractivity contribution < 1.29 is 22.7 Å². The average molecular weight is 416 g/mol. The van der Waals surface area contributed by atoms with E-state index >= 15 is 0 Å². The predicted molar refractivity (Wildman–Crippen MR) is 103 cm³/mol. The molecule has 1 N–H and O–H groups in total. The largest absolute Gasteiger partial charge is 0.467 e. The zero-order valence-electron chi connectivity index (χ0n) is 16.1. The highest BCUT2D eigenvalue weighted by Gasteiger charge is 2.45. The van der Waals surface area contributed by atoms with E-state index in [0.29, 0.717) is 5.69 Å². The van der Waals surface area contributed by atoms with Crippen molar-refractivity contribution in [2.75, 3.05) is 6.61 Å². The summed E-state index contributed by atoms with van der Waals surface area (Å²) in [6, 6.07) is 11.3. The quantitative estimate of drug-likeness (QED) is 0.659. The second kappa shape index (κ2) is 7.89. The molecule has 1 unspecified atom stereocenters. The lowest BCUT2D eigenvalue weighted by molar-refractivity contribution is -0.154. The molecule has 1 fully saturated rings. The molecule has 0 bridgehead atoms. The van der Waals surface area contributed by atoms with Crippen LogP contribution in [0.1, 0.15) is 36.7 Å². The molecule has 4 rings (SSSR count). The Kier molecular flexibility index (Phi) is 5.27. The normalized spacial score (nSPS) is 19.3. The molecule has 1 aliphatic rings. The Bertz CT molecular complexity index is 1060. The van der Waals surface area contributed by atoms with E-state index in [1.54, 1.807) is 6.92 Å². The van der Waals surface area contributed by atoms with Crippen molar-refractivity contribution in [2.24, 2.45) is 5.92 Å². The topological polar surface area (TPSA) is 77.0 Å². The SMILES string of the molecule is CC(NC(=O)[C@@H]1C[C@H]1c1ccc2ccccc2n1)c1cnc(OCC(F)(F)F)cn1. The molecule has 2 heterocycles. The number of para-hydroxylation sites is 1. The van der Waals surface area contributed by atoms with Gasteiger partial charge in [0.1, 0.15) is 0 Å². The lowest BCUT2D eigenvalue weighted by atomic mass is 10.1. The molecule has 1 saturated carbocycles. The molecule has 0 aliphatic heterocycles. The summed E-state index contributed by atoms with van der Waals surface area (Å²) >= 11 is 0. The summed E-state index contributed by atoms with van der Waals surface area (Å²) in [5.41, 5.74) is 2.23. The van der Waals surface area contributed by atoms with Crippen molar-refractivity contribution in [3.05, 3.63) is 60.2 Å². The molecule has 3 aromatic rings. The third-order valence-electron chi connectivity index (χ3n) is 4.96. The summed E-state index contributed by atoms with van der Waals surface area (Å²) in [7, 11) is 0. The summed E-state index contributed by atoms with van der Waals surface area (Å²) in [4.78, 5) is 25.1. The number of hydrogen-bond donors (Lipinski definition) is 1. The van der Waals surface area contributed by atoms with Crippen molar-refractivity contribution in [2.45, 2.75) is 31.5 Å². The molecule has 156 valence electrons. The predicted octanol–water partition coefficient (Wildman–Crippen LogP) is 3.95. The van der Waals surface area contributed by atoms with Crippen LogP contribution in [0.15, 0.2) is 48.8 Å². The number of pyridine rings is 1. The molecule has 0 radical (unpaired) electrons. The molecule has 9 heteroatoms. The number of nitrogens with one attached hydrogen (secondary N) is 1. The Morgan fingerprint density at radius 3 is 2.73 bits per heavy atom. The maximum absolute atomic E-state index is 12.6. The van der Waals surface area contributed by atoms with Crippen LogP contribution >= 0.6 is 0 Å². The van der Waals surface area contributed by atoms with Gasteiger partial charge in [0, 0.05) is 22.9 Å². The molecule has 6 nitrogen and oxygen atoms in total. The minimum atomic E-state index is -4.44. The van der Waals surface area contributed by atoms with Gasteiger partial charge in [0.05, 0.1) is 29.6 Å². The molecule has 0 spiro atoms. The van der Waals surface area contributed by atoms with Gasteiger partial charge in [0.15, 0.2) is 6.61 Å². The molecular formula is C21H19F3N4O2. The number of halogens is 3. The minimum absolute atomic E-state index is 0.0750. The monoisotopic (exact) mass is 416 g/mol. The number of amides is 1. The highest BCUT2D eigenvalue weighted by molar-refractivity contribution is 5.84. The highest BCUT2D eigenvalue weighted by atomic mass is 19.4. The van der Waals surface area contributed by atoms with Crippen molar-refractivity contribution >= 4 is 16.8 Å². The van der Waals surface area contributed by atoms with Crippen LogP contribution in [-0.4, -0.2) is 33.6 Å². The van der Waals surface area contributed by atoms with E-state index in [0.717, 1.165) is 29.2 Å². The highest BCUT2D eigenvalue weighted by Crippen LogP contribution is 2.47. The number of aromatic nitrogens is 3. The average Bonchev–Trinajstić information content (AvgIpc) is 3.53. The summed E-state index contributed by atoms with van der Waals surface area (Å²) < 4.78 is 41.1. The number of carbonyl (C=O) groups excluding carboxylic acids is 1. The van der Waals surface area contributed by atoms with Crippen molar-refractivity contribution in [3.63, 3.8) is 0 Å². The van der Waals surface area contributed by atoms with Crippen LogP contribution in [0.25, 0.3) is 10.9 Å². The number of hydrogen-bond acceptors (Lipinski definition) is 5. The van der Waals surface area contributed by atoms with Crippen LogP contribution in [0.2, 0.25) is 0 Å². The van der Waals surface area contributed by atoms with Gasteiger partial charge in [-0.1, -0.05) is 24.3 Å². The van der Waals surface area contributed by atoms with Gasteiger partial charge in [-0.2, -0.15) is 13.2 Å². The smallest absolute Gasteiger partial charge is 0.422 e. The van der Waals surface area contributed by atoms with Crippen LogP contribution in [0.5, 0.6) is 5.88 Å². The Morgan fingerprint density at radius 1 is 1.20 bits per heavy atom. The lowest BCUT2D eigenvalue weighted by Gasteiger charge is -2.14. The first-order chi connectivity index (χ1) is 14.3. The number of carbonyl (C=O) groups is 1. The summed E-state index contributed by atoms with van der Waals surface area (Å²) in [6.07, 6.45) is -1.31. The van der Waals surface area contributed by atoms with Crippen LogP contribution in [0.3, 0.4) is 0 Å². The van der Waals surface area contributed by atoms with Crippen LogP contribution in [-0.2, 0) is 4.79 Å². The number of rotatable bonds is 6. The van der Waals surface area contributed by atoms with Gasteiger partial charge >= 0.3 is 6.18 Å². The van der Waals surface area contributed by atoms with E-state index < -0.39 is 18.8 Å². The Morgan fingerprint density at radius 2 is 2.00 bits per heavy atom. The summed E-state index contributed by atoms with van der Waals surface area (Å²) in [5.74, 6) is -0.421. The molecule has 2 aromatic heterocycles. The molecular weight excluding hydrogens is 397 g/mol.